The normalized spacial score (nSPS) is 12.1. The fourth-order valence-electron chi connectivity index (χ4n) is 1.01. The fourth-order valence-corrected chi connectivity index (χ4v) is 1.01. The van der Waals surface area contributed by atoms with Crippen LogP contribution in [0.3, 0.4) is 0 Å². The monoisotopic (exact) mass is 211 g/mol. The van der Waals surface area contributed by atoms with Gasteiger partial charge in [-0.3, -0.25) is 0 Å². The van der Waals surface area contributed by atoms with Gasteiger partial charge in [0.2, 0.25) is 0 Å². The molecule has 15 heavy (non-hydrogen) atoms. The Bertz CT molecular complexity index is 322. The van der Waals surface area contributed by atoms with E-state index in [-0.39, 0.29) is 18.3 Å². The summed E-state index contributed by atoms with van der Waals surface area (Å²) in [4.78, 5) is 10.5. The van der Waals surface area contributed by atoms with Crippen LogP contribution in [-0.2, 0) is 0 Å². The fraction of sp³-hybridized carbons (Fsp3) is 0.444. The lowest BCUT2D eigenvalue weighted by Gasteiger charge is -2.13. The van der Waals surface area contributed by atoms with Gasteiger partial charge in [-0.25, -0.2) is 4.79 Å². The van der Waals surface area contributed by atoms with Gasteiger partial charge in [-0.2, -0.15) is 0 Å². The molecule has 0 fully saturated rings. The second kappa shape index (κ2) is 5.26. The van der Waals surface area contributed by atoms with E-state index in [9.17, 15) is 4.79 Å². The quantitative estimate of drug-likeness (QED) is 0.650. The molecule has 0 aliphatic heterocycles. The van der Waals surface area contributed by atoms with Crippen LogP contribution in [-0.4, -0.2) is 39.0 Å². The lowest BCUT2D eigenvalue weighted by atomic mass is 10.2. The van der Waals surface area contributed by atoms with Crippen molar-refractivity contribution in [3.63, 3.8) is 0 Å². The Morgan fingerprint density at radius 2 is 2.27 bits per heavy atom. The minimum Gasteiger partial charge on any atom is -0.476 e. The summed E-state index contributed by atoms with van der Waals surface area (Å²) in [5.41, 5.74) is -0.0994. The van der Waals surface area contributed by atoms with Crippen LogP contribution in [0.2, 0.25) is 0 Å². The van der Waals surface area contributed by atoms with Gasteiger partial charge in [0.1, 0.15) is 5.82 Å². The highest BCUT2D eigenvalue weighted by Crippen LogP contribution is 2.05. The van der Waals surface area contributed by atoms with Crippen LogP contribution in [0.1, 0.15) is 23.8 Å². The molecule has 0 saturated heterocycles. The zero-order valence-corrected chi connectivity index (χ0v) is 8.34. The number of aromatic carboxylic acids is 1. The van der Waals surface area contributed by atoms with E-state index in [1.165, 1.54) is 12.1 Å². The molecule has 6 nitrogen and oxygen atoms in total. The van der Waals surface area contributed by atoms with Crippen molar-refractivity contribution in [3.05, 3.63) is 17.8 Å². The topological polar surface area (TPSA) is 95.3 Å². The first-order valence-electron chi connectivity index (χ1n) is 4.61. The van der Waals surface area contributed by atoms with Gasteiger partial charge in [-0.15, -0.1) is 10.2 Å². The number of rotatable bonds is 5. The zero-order valence-electron chi connectivity index (χ0n) is 8.34. The summed E-state index contributed by atoms with van der Waals surface area (Å²) in [7, 11) is 0. The minimum atomic E-state index is -1.11. The standard InChI is InChI=1S/C9H13N3O3/c1-2-6(5-13)10-8-4-3-7(9(14)15)11-12-8/h3-4,6,13H,2,5H2,1H3,(H,10,12)(H,14,15). The molecule has 1 aromatic heterocycles. The molecule has 1 heterocycles. The molecular weight excluding hydrogens is 198 g/mol. The molecule has 3 N–H and O–H groups in total. The molecule has 1 unspecified atom stereocenters. The van der Waals surface area contributed by atoms with E-state index in [0.29, 0.717) is 5.82 Å². The smallest absolute Gasteiger partial charge is 0.356 e. The van der Waals surface area contributed by atoms with Gasteiger partial charge in [0.15, 0.2) is 5.69 Å². The van der Waals surface area contributed by atoms with Crippen LogP contribution < -0.4 is 5.32 Å². The van der Waals surface area contributed by atoms with Crippen molar-refractivity contribution in [1.82, 2.24) is 10.2 Å². The third-order valence-electron chi connectivity index (χ3n) is 1.95. The maximum Gasteiger partial charge on any atom is 0.356 e. The molecule has 0 saturated carbocycles. The molecule has 0 aliphatic rings. The van der Waals surface area contributed by atoms with E-state index in [1.807, 2.05) is 6.92 Å². The largest absolute Gasteiger partial charge is 0.476 e. The van der Waals surface area contributed by atoms with Crippen LogP contribution in [0.25, 0.3) is 0 Å². The van der Waals surface area contributed by atoms with Gasteiger partial charge in [0.05, 0.1) is 12.6 Å². The van der Waals surface area contributed by atoms with E-state index >= 15 is 0 Å². The molecule has 0 aromatic carbocycles. The second-order valence-corrected chi connectivity index (χ2v) is 3.04. The maximum absolute atomic E-state index is 10.5. The Balaban J connectivity index is 2.67. The van der Waals surface area contributed by atoms with Crippen molar-refractivity contribution in [1.29, 1.82) is 0 Å². The molecule has 1 rings (SSSR count). The van der Waals surface area contributed by atoms with E-state index < -0.39 is 5.97 Å². The highest BCUT2D eigenvalue weighted by molar-refractivity contribution is 5.85. The van der Waals surface area contributed by atoms with E-state index in [4.69, 9.17) is 10.2 Å². The van der Waals surface area contributed by atoms with Gasteiger partial charge in [-0.1, -0.05) is 6.92 Å². The Hall–Kier alpha value is -1.69. The number of aliphatic hydroxyl groups excluding tert-OH is 1. The SMILES string of the molecule is CCC(CO)Nc1ccc(C(=O)O)nn1. The predicted molar refractivity (Wildman–Crippen MR) is 53.8 cm³/mol. The van der Waals surface area contributed by atoms with Crippen molar-refractivity contribution < 1.29 is 15.0 Å². The summed E-state index contributed by atoms with van der Waals surface area (Å²) in [6, 6.07) is 2.80. The van der Waals surface area contributed by atoms with Crippen LogP contribution in [0.4, 0.5) is 5.82 Å². The van der Waals surface area contributed by atoms with Crippen LogP contribution >= 0.6 is 0 Å². The lowest BCUT2D eigenvalue weighted by Crippen LogP contribution is -2.23. The van der Waals surface area contributed by atoms with Crippen LogP contribution in [0.5, 0.6) is 0 Å². The number of hydrogen-bond donors (Lipinski definition) is 3. The summed E-state index contributed by atoms with van der Waals surface area (Å²) in [6.07, 6.45) is 0.749. The number of hydrogen-bond acceptors (Lipinski definition) is 5. The van der Waals surface area contributed by atoms with E-state index in [0.717, 1.165) is 6.42 Å². The molecule has 0 bridgehead atoms. The van der Waals surface area contributed by atoms with Crippen molar-refractivity contribution in [2.24, 2.45) is 0 Å². The molecule has 0 radical (unpaired) electrons. The number of carboxylic acid groups (broad SMARTS) is 1. The van der Waals surface area contributed by atoms with Crippen LogP contribution in [0.15, 0.2) is 12.1 Å². The third-order valence-corrected chi connectivity index (χ3v) is 1.95. The van der Waals surface area contributed by atoms with Gasteiger partial charge >= 0.3 is 5.97 Å². The molecule has 82 valence electrons. The number of nitrogens with zero attached hydrogens (tertiary/aromatic N) is 2. The average Bonchev–Trinajstić information content (AvgIpc) is 2.26. The Morgan fingerprint density at radius 1 is 1.53 bits per heavy atom. The molecule has 0 spiro atoms. The van der Waals surface area contributed by atoms with Gasteiger partial charge in [0, 0.05) is 0 Å². The molecule has 1 atom stereocenters. The highest BCUT2D eigenvalue weighted by Gasteiger charge is 2.07. The summed E-state index contributed by atoms with van der Waals surface area (Å²) in [5.74, 6) is -0.649. The number of carbonyl (C=O) groups is 1. The van der Waals surface area contributed by atoms with Gasteiger partial charge < -0.3 is 15.5 Å². The molecule has 0 amide bonds. The summed E-state index contributed by atoms with van der Waals surface area (Å²) >= 11 is 0. The second-order valence-electron chi connectivity index (χ2n) is 3.04. The average molecular weight is 211 g/mol. The maximum atomic E-state index is 10.5. The van der Waals surface area contributed by atoms with Gasteiger partial charge in [0.25, 0.3) is 0 Å². The van der Waals surface area contributed by atoms with E-state index in [2.05, 4.69) is 15.5 Å². The van der Waals surface area contributed by atoms with Crippen LogP contribution in [0, 0.1) is 0 Å². The molecule has 0 aliphatic carbocycles. The Morgan fingerprint density at radius 3 is 2.67 bits per heavy atom. The molecule has 1 aromatic rings. The van der Waals surface area contributed by atoms with E-state index in [1.54, 1.807) is 0 Å². The number of carboxylic acids is 1. The minimum absolute atomic E-state index is 0.00113. The highest BCUT2D eigenvalue weighted by atomic mass is 16.4. The first-order chi connectivity index (χ1) is 7.17. The first kappa shape index (κ1) is 11.4. The van der Waals surface area contributed by atoms with Crippen molar-refractivity contribution in [3.8, 4) is 0 Å². The Kier molecular flexibility index (Phi) is 3.99. The summed E-state index contributed by atoms with van der Waals surface area (Å²) in [6.45, 7) is 1.92. The molecule has 6 heteroatoms. The van der Waals surface area contributed by atoms with Crippen molar-refractivity contribution in [2.45, 2.75) is 19.4 Å². The zero-order chi connectivity index (χ0) is 11.3. The van der Waals surface area contributed by atoms with Crippen molar-refractivity contribution >= 4 is 11.8 Å². The Labute approximate surface area is 87.0 Å². The number of anilines is 1. The molecular formula is C9H13N3O3. The lowest BCUT2D eigenvalue weighted by molar-refractivity contribution is 0.0689. The van der Waals surface area contributed by atoms with Gasteiger partial charge in [-0.05, 0) is 18.6 Å². The number of aliphatic hydroxyl groups is 1. The predicted octanol–water partition coefficient (Wildman–Crippen LogP) is 0.358. The third kappa shape index (κ3) is 3.17. The number of nitrogens with one attached hydrogen (secondary N) is 1. The van der Waals surface area contributed by atoms with Crippen molar-refractivity contribution in [2.75, 3.05) is 11.9 Å². The first-order valence-corrected chi connectivity index (χ1v) is 4.61. The summed E-state index contributed by atoms with van der Waals surface area (Å²) < 4.78 is 0. The summed E-state index contributed by atoms with van der Waals surface area (Å²) in [5, 5.41) is 27.6. The number of aromatic nitrogens is 2.